The summed E-state index contributed by atoms with van der Waals surface area (Å²) < 4.78 is 14.0. The van der Waals surface area contributed by atoms with Crippen LogP contribution in [-0.2, 0) is 0 Å². The van der Waals surface area contributed by atoms with Crippen LogP contribution in [0.5, 0.6) is 0 Å². The molecule has 0 N–H and O–H groups in total. The van der Waals surface area contributed by atoms with E-state index < -0.39 is 16.4 Å². The maximum atomic E-state index is 14.0. The van der Waals surface area contributed by atoms with Gasteiger partial charge in [0, 0.05) is 23.4 Å². The largest absolute Gasteiger partial charge is 0.304 e. The molecule has 3 aromatic rings. The van der Waals surface area contributed by atoms with Crippen LogP contribution in [0.4, 0.5) is 10.1 Å². The minimum Gasteiger partial charge on any atom is -0.258 e. The molecule has 0 saturated carbocycles. The summed E-state index contributed by atoms with van der Waals surface area (Å²) in [7, 11) is 0. The quantitative estimate of drug-likeness (QED) is 0.499. The lowest BCUT2D eigenvalue weighted by molar-refractivity contribution is -0.387. The van der Waals surface area contributed by atoms with E-state index in [1.807, 2.05) is 38.1 Å². The van der Waals surface area contributed by atoms with Crippen molar-refractivity contribution in [3.8, 4) is 22.4 Å². The van der Waals surface area contributed by atoms with Gasteiger partial charge in [0.05, 0.1) is 10.6 Å². The third-order valence-corrected chi connectivity index (χ3v) is 4.04. The smallest absolute Gasteiger partial charge is 0.258 e. The summed E-state index contributed by atoms with van der Waals surface area (Å²) in [6.07, 6.45) is 1.68. The third kappa shape index (κ3) is 2.88. The minimum absolute atomic E-state index is 0.532. The Morgan fingerprint density at radius 1 is 1.00 bits per heavy atom. The zero-order valence-electron chi connectivity index (χ0n) is 13.3. The molecular weight excluding hydrogens is 307 g/mol. The van der Waals surface area contributed by atoms with E-state index >= 15 is 0 Å². The molecule has 0 amide bonds. The van der Waals surface area contributed by atoms with E-state index in [4.69, 9.17) is 0 Å². The van der Waals surface area contributed by atoms with Crippen molar-refractivity contribution in [1.29, 1.82) is 0 Å². The van der Waals surface area contributed by atoms with Crippen LogP contribution in [0.3, 0.4) is 0 Å². The van der Waals surface area contributed by atoms with Crippen molar-refractivity contribution in [2.45, 2.75) is 13.8 Å². The first-order valence-corrected chi connectivity index (χ1v) is 7.44. The number of aromatic nitrogens is 1. The van der Waals surface area contributed by atoms with Gasteiger partial charge in [0.1, 0.15) is 0 Å². The molecule has 0 fully saturated rings. The molecule has 2 aromatic carbocycles. The van der Waals surface area contributed by atoms with Crippen LogP contribution in [-0.4, -0.2) is 9.91 Å². The van der Waals surface area contributed by atoms with E-state index in [1.165, 1.54) is 17.7 Å². The molecule has 0 aliphatic carbocycles. The summed E-state index contributed by atoms with van der Waals surface area (Å²) in [5.41, 5.74) is 4.71. The van der Waals surface area contributed by atoms with Gasteiger partial charge in [-0.25, -0.2) is 0 Å². The summed E-state index contributed by atoms with van der Waals surface area (Å²) >= 11 is 0. The summed E-state index contributed by atoms with van der Waals surface area (Å²) in [5.74, 6) is -0.854. The first-order chi connectivity index (χ1) is 11.5. The number of nitro groups is 1. The van der Waals surface area contributed by atoms with Crippen molar-refractivity contribution in [1.82, 2.24) is 4.98 Å². The molecule has 0 unspecified atom stereocenters. The number of aryl methyl sites for hydroxylation is 2. The highest BCUT2D eigenvalue weighted by Gasteiger charge is 2.16. The zero-order valence-corrected chi connectivity index (χ0v) is 13.3. The molecule has 1 aromatic heterocycles. The van der Waals surface area contributed by atoms with Crippen molar-refractivity contribution in [3.63, 3.8) is 0 Å². The van der Waals surface area contributed by atoms with Crippen LogP contribution in [0, 0.1) is 29.8 Å². The van der Waals surface area contributed by atoms with Gasteiger partial charge in [-0.3, -0.25) is 15.1 Å². The van der Waals surface area contributed by atoms with Crippen molar-refractivity contribution in [2.24, 2.45) is 0 Å². The van der Waals surface area contributed by atoms with Crippen molar-refractivity contribution < 1.29 is 9.31 Å². The molecule has 0 atom stereocenters. The van der Waals surface area contributed by atoms with Crippen LogP contribution in [0.2, 0.25) is 0 Å². The van der Waals surface area contributed by atoms with E-state index in [9.17, 15) is 14.5 Å². The van der Waals surface area contributed by atoms with Gasteiger partial charge in [0.2, 0.25) is 5.82 Å². The first kappa shape index (κ1) is 15.8. The highest BCUT2D eigenvalue weighted by molar-refractivity contribution is 5.81. The number of halogens is 1. The van der Waals surface area contributed by atoms with E-state index in [2.05, 4.69) is 4.98 Å². The Kier molecular flexibility index (Phi) is 4.08. The molecule has 0 bridgehead atoms. The van der Waals surface area contributed by atoms with Gasteiger partial charge in [-0.05, 0) is 54.8 Å². The highest BCUT2D eigenvalue weighted by Crippen LogP contribution is 2.33. The van der Waals surface area contributed by atoms with Crippen LogP contribution >= 0.6 is 0 Å². The Hall–Kier alpha value is -3.08. The molecule has 0 spiro atoms. The number of nitrogens with zero attached hydrogens (tertiary/aromatic N) is 2. The SMILES string of the molecule is Cc1ccc(-c2ncccc2-c2ccc([N+](=O)[O-])c(F)c2)cc1C. The van der Waals surface area contributed by atoms with Crippen LogP contribution in [0.25, 0.3) is 22.4 Å². The predicted octanol–water partition coefficient (Wildman–Crippen LogP) is 5.08. The van der Waals surface area contributed by atoms with E-state index in [-0.39, 0.29) is 0 Å². The highest BCUT2D eigenvalue weighted by atomic mass is 19.1. The Morgan fingerprint density at radius 3 is 2.42 bits per heavy atom. The van der Waals surface area contributed by atoms with Gasteiger partial charge in [-0.1, -0.05) is 18.2 Å². The molecule has 4 nitrogen and oxygen atoms in total. The predicted molar refractivity (Wildman–Crippen MR) is 91.2 cm³/mol. The second-order valence-electron chi connectivity index (χ2n) is 5.62. The first-order valence-electron chi connectivity index (χ1n) is 7.44. The number of benzene rings is 2. The van der Waals surface area contributed by atoms with Crippen LogP contribution in [0.15, 0.2) is 54.7 Å². The summed E-state index contributed by atoms with van der Waals surface area (Å²) in [5, 5.41) is 10.8. The van der Waals surface area contributed by atoms with Gasteiger partial charge >= 0.3 is 5.69 Å². The number of pyridine rings is 1. The van der Waals surface area contributed by atoms with Gasteiger partial charge < -0.3 is 0 Å². The molecule has 0 aliphatic rings. The molecule has 1 heterocycles. The van der Waals surface area contributed by atoms with Crippen LogP contribution < -0.4 is 0 Å². The Morgan fingerprint density at radius 2 is 1.75 bits per heavy atom. The fourth-order valence-electron chi connectivity index (χ4n) is 2.58. The average Bonchev–Trinajstić information content (AvgIpc) is 2.57. The molecule has 5 heteroatoms. The zero-order chi connectivity index (χ0) is 17.3. The lowest BCUT2D eigenvalue weighted by atomic mass is 9.97. The molecule has 0 aliphatic heterocycles. The van der Waals surface area contributed by atoms with Gasteiger partial charge in [-0.2, -0.15) is 4.39 Å². The standard InChI is InChI=1S/C19H15FN2O2/c1-12-5-6-15(10-13(12)2)19-16(4-3-9-21-19)14-7-8-18(22(23)24)17(20)11-14/h3-11H,1-2H3. The van der Waals surface area contributed by atoms with Crippen molar-refractivity contribution in [3.05, 3.63) is 81.8 Å². The number of nitro benzene ring substituents is 1. The number of hydrogen-bond acceptors (Lipinski definition) is 3. The summed E-state index contributed by atoms with van der Waals surface area (Å²) in [6.45, 7) is 4.05. The van der Waals surface area contributed by atoms with E-state index in [1.54, 1.807) is 18.3 Å². The van der Waals surface area contributed by atoms with Gasteiger partial charge in [0.15, 0.2) is 0 Å². The lowest BCUT2D eigenvalue weighted by Crippen LogP contribution is -1.94. The third-order valence-electron chi connectivity index (χ3n) is 4.04. The summed E-state index contributed by atoms with van der Waals surface area (Å²) in [4.78, 5) is 14.5. The average molecular weight is 322 g/mol. The van der Waals surface area contributed by atoms with Gasteiger partial charge in [0.25, 0.3) is 0 Å². The van der Waals surface area contributed by atoms with E-state index in [0.717, 1.165) is 16.7 Å². The molecule has 0 saturated heterocycles. The maximum Gasteiger partial charge on any atom is 0.304 e. The second kappa shape index (κ2) is 6.20. The second-order valence-corrected chi connectivity index (χ2v) is 5.62. The molecule has 0 radical (unpaired) electrons. The fourth-order valence-corrected chi connectivity index (χ4v) is 2.58. The Labute approximate surface area is 138 Å². The number of hydrogen-bond donors (Lipinski definition) is 0. The van der Waals surface area contributed by atoms with Crippen LogP contribution in [0.1, 0.15) is 11.1 Å². The number of rotatable bonds is 3. The lowest BCUT2D eigenvalue weighted by Gasteiger charge is -2.11. The molecule has 3 rings (SSSR count). The van der Waals surface area contributed by atoms with Crippen molar-refractivity contribution in [2.75, 3.05) is 0 Å². The minimum atomic E-state index is -0.854. The Balaban J connectivity index is 2.15. The van der Waals surface area contributed by atoms with E-state index in [0.29, 0.717) is 11.3 Å². The Bertz CT molecular complexity index is 938. The monoisotopic (exact) mass is 322 g/mol. The molecule has 24 heavy (non-hydrogen) atoms. The molecular formula is C19H15FN2O2. The fraction of sp³-hybridized carbons (Fsp3) is 0.105. The summed E-state index contributed by atoms with van der Waals surface area (Å²) in [6, 6.07) is 13.5. The van der Waals surface area contributed by atoms with Gasteiger partial charge in [-0.15, -0.1) is 0 Å². The maximum absolute atomic E-state index is 14.0. The molecule has 120 valence electrons. The topological polar surface area (TPSA) is 56.0 Å². The normalized spacial score (nSPS) is 10.6. The van der Waals surface area contributed by atoms with Crippen molar-refractivity contribution >= 4 is 5.69 Å².